The van der Waals surface area contributed by atoms with Gasteiger partial charge in [-0.15, -0.1) is 0 Å². The van der Waals surface area contributed by atoms with Gasteiger partial charge >= 0.3 is 54.3 Å². The van der Waals surface area contributed by atoms with Crippen LogP contribution in [0, 0.1) is 0 Å². The molecule has 0 atom stereocenters. The lowest BCUT2D eigenvalue weighted by molar-refractivity contribution is -0.141. The molecule has 0 heterocycles. The molecule has 4 aromatic rings. The second-order valence-corrected chi connectivity index (χ2v) is 51.9. The third-order valence-corrected chi connectivity index (χ3v) is 24.8. The van der Waals surface area contributed by atoms with Crippen molar-refractivity contribution in [2.24, 2.45) is 0 Å². The molecule has 28 nitrogen and oxygen atoms in total. The monoisotopic (exact) mass is 1630 g/mol. The molecular weight excluding hydrogens is 1520 g/mol. The predicted octanol–water partition coefficient (Wildman–Crippen LogP) is 12.5. The molecule has 0 aromatic heterocycles. The minimum atomic E-state index is -3.39. The smallest absolute Gasteiger partial charge is 0.349 e. The molecule has 0 radical (unpaired) electrons. The zero-order chi connectivity index (χ0) is 79.7. The summed E-state index contributed by atoms with van der Waals surface area (Å²) in [4.78, 5) is 68.2. The van der Waals surface area contributed by atoms with Gasteiger partial charge in [-0.3, -0.25) is 37.4 Å². The topological polar surface area (TPSA) is 335 Å². The Labute approximate surface area is 620 Å². The number of anilines is 4. The van der Waals surface area contributed by atoms with Crippen LogP contribution >= 0.6 is 52.5 Å². The Hall–Kier alpha value is -5.05. The van der Waals surface area contributed by atoms with Gasteiger partial charge in [-0.25, -0.2) is 0 Å². The van der Waals surface area contributed by atoms with Crippen LogP contribution in [0.3, 0.4) is 0 Å². The fraction of sp³-hybridized carbons (Fsp3) is 0.531. The molecule has 0 aliphatic rings. The number of halogens is 2. The Morgan fingerprint density at radius 2 is 0.510 bits per heavy atom. The van der Waals surface area contributed by atoms with E-state index in [4.69, 9.17) is 77.4 Å². The van der Waals surface area contributed by atoms with E-state index in [1.54, 1.807) is 41.3 Å². The summed E-state index contributed by atoms with van der Waals surface area (Å²) in [5.41, 5.74) is 3.11. The molecule has 0 saturated carbocycles. The SMILES string of the molecule is C=O.C=O.COC(=O)CCN(CCC(=O)OC)c1ccc(O)cc1.COC(=O)CCN(CCC(=O)OC)c1ccc([Si](C)(C)C)cc1.COP(=O)(CN(CP(=O)(OC)OC)c1ccc(O)cc1)OC.COP(=O)(CN(CP(=O)(OC)OC)c1ccc([Si](C)(C)C)cc1)OC.C[SiH](C)Cl.C[SiH](C)Cl. The summed E-state index contributed by atoms with van der Waals surface area (Å²) in [5, 5.41) is 21.3. The van der Waals surface area contributed by atoms with E-state index >= 15 is 0 Å². The molecule has 102 heavy (non-hydrogen) atoms. The molecule has 0 saturated heterocycles. The number of esters is 4. The second-order valence-electron chi connectivity index (χ2n) is 23.5. The highest BCUT2D eigenvalue weighted by Gasteiger charge is 2.34. The van der Waals surface area contributed by atoms with Crippen LogP contribution in [0.4, 0.5) is 22.7 Å². The van der Waals surface area contributed by atoms with E-state index in [2.05, 4.69) is 99.2 Å². The molecule has 4 aromatic carbocycles. The van der Waals surface area contributed by atoms with Crippen LogP contribution in [0.1, 0.15) is 25.7 Å². The number of rotatable bonds is 34. The van der Waals surface area contributed by atoms with E-state index in [1.165, 1.54) is 113 Å². The first-order valence-corrected chi connectivity index (χ1v) is 53.4. The summed E-state index contributed by atoms with van der Waals surface area (Å²) in [6.45, 7) is 27.8. The van der Waals surface area contributed by atoms with Crippen molar-refractivity contribution in [1.82, 2.24) is 0 Å². The van der Waals surface area contributed by atoms with Gasteiger partial charge in [0, 0.05) is 106 Å². The molecule has 38 heteroatoms. The number of methoxy groups -OCH3 is 4. The first-order valence-electron chi connectivity index (χ1n) is 31.4. The lowest BCUT2D eigenvalue weighted by Gasteiger charge is -2.30. The summed E-state index contributed by atoms with van der Waals surface area (Å²) >= 11 is 10.8. The molecule has 0 aliphatic heterocycles. The highest BCUT2D eigenvalue weighted by molar-refractivity contribution is 7.55. The Balaban J connectivity index is -0.000000596. The third-order valence-electron chi connectivity index (χ3n) is 13.5. The highest BCUT2D eigenvalue weighted by Crippen LogP contribution is 2.54. The summed E-state index contributed by atoms with van der Waals surface area (Å²) in [7, 11) is -1.80. The first kappa shape index (κ1) is 103. The maximum absolute atomic E-state index is 12.6. The van der Waals surface area contributed by atoms with Crippen molar-refractivity contribution in [2.45, 2.75) is 91.2 Å². The molecule has 0 bridgehead atoms. The summed E-state index contributed by atoms with van der Waals surface area (Å²) in [6, 6.07) is 29.0. The molecular formula is C64H114Cl2N4O24P4Si4. The van der Waals surface area contributed by atoms with Gasteiger partial charge in [0.15, 0.2) is 0 Å². The number of ether oxygens (including phenoxy) is 4. The maximum atomic E-state index is 12.6. The van der Waals surface area contributed by atoms with Crippen molar-refractivity contribution in [3.05, 3.63) is 97.1 Å². The van der Waals surface area contributed by atoms with Crippen molar-refractivity contribution in [3.63, 3.8) is 0 Å². The third kappa shape index (κ3) is 46.0. The number of aromatic hydroxyl groups is 2. The summed E-state index contributed by atoms with van der Waals surface area (Å²) < 4.78 is 108. The van der Waals surface area contributed by atoms with Gasteiger partial charge in [-0.2, -0.15) is 22.2 Å². The van der Waals surface area contributed by atoms with Crippen LogP contribution in [-0.2, 0) is 102 Å². The molecule has 584 valence electrons. The van der Waals surface area contributed by atoms with Crippen LogP contribution in [0.15, 0.2) is 97.1 Å². The maximum Gasteiger partial charge on any atom is 0.349 e. The van der Waals surface area contributed by atoms with E-state index < -0.39 is 62.7 Å². The van der Waals surface area contributed by atoms with E-state index in [-0.39, 0.29) is 86.2 Å². The first-order chi connectivity index (χ1) is 47.6. The molecule has 0 fully saturated rings. The Morgan fingerprint density at radius 1 is 0.353 bits per heavy atom. The van der Waals surface area contributed by atoms with Crippen molar-refractivity contribution >= 4 is 155 Å². The average molecular weight is 1630 g/mol. The summed E-state index contributed by atoms with van der Waals surface area (Å²) in [5.74, 6) is -0.904. The molecule has 4 rings (SSSR count). The Bertz CT molecular complexity index is 3010. The zero-order valence-electron chi connectivity index (χ0n) is 63.5. The Morgan fingerprint density at radius 3 is 0.657 bits per heavy atom. The van der Waals surface area contributed by atoms with Crippen molar-refractivity contribution < 1.29 is 112 Å². The van der Waals surface area contributed by atoms with E-state index in [0.29, 0.717) is 31.9 Å². The van der Waals surface area contributed by atoms with Gasteiger partial charge in [-0.05, 0) is 72.8 Å². The number of carbonyl (C=O) groups excluding carboxylic acids is 6. The van der Waals surface area contributed by atoms with Crippen LogP contribution in [0.5, 0.6) is 11.5 Å². The second kappa shape index (κ2) is 55.4. The van der Waals surface area contributed by atoms with Crippen molar-refractivity contribution in [1.29, 1.82) is 0 Å². The number of carbonyl (C=O) groups is 6. The van der Waals surface area contributed by atoms with Crippen molar-refractivity contribution in [2.75, 3.05) is 156 Å². The van der Waals surface area contributed by atoms with Gasteiger partial charge in [-0.1, -0.05) is 100 Å². The summed E-state index contributed by atoms with van der Waals surface area (Å²) in [6.07, 6.45) is 0.576. The van der Waals surface area contributed by atoms with Gasteiger partial charge in [0.1, 0.15) is 66.4 Å². The number of nitrogens with zero attached hydrogens (tertiary/aromatic N) is 4. The van der Waals surface area contributed by atoms with Gasteiger partial charge in [0.05, 0.1) is 70.3 Å². The van der Waals surface area contributed by atoms with Gasteiger partial charge in [0.2, 0.25) is 0 Å². The quantitative estimate of drug-likeness (QED) is 0.0144. The standard InChI is InChI=1S/C17H27NO4Si.C15H29NO6P2Si.C14H19NO5.C12H21NO7P2.2C2H7ClSi.2CH2O/c1-21-16(19)10-12-18(13-11-17(20)22-2)14-6-8-15(9-7-14)23(3,4)5;1-19-23(17,20-2)12-16(13-24(18,21-3)22-4)14-8-10-15(11-9-14)25(5,6)7;1-19-13(17)7-9-15(10-8-14(18)20-2)11-3-5-12(16)6-4-11;1-17-21(15,18-2)9-13(10-22(16,19-3)20-4)11-5-7-12(14)8-6-11;2*1-4(2)3;2*1-2/h6-9H,10-13H2,1-5H3;8-11H,12-13H2,1-7H3;3-6,16H,7-10H2,1-2H3;5-8,14H,9-10H2,1-4H3;2*4H,1-2H3;2*1H2. The minimum Gasteiger partial charge on any atom is -0.508 e. The lowest BCUT2D eigenvalue weighted by Crippen LogP contribution is -2.37. The fourth-order valence-corrected chi connectivity index (χ4v) is 14.6. The number of hydrogen-bond donors (Lipinski definition) is 2. The zero-order valence-corrected chi connectivity index (χ0v) is 72.9. The van der Waals surface area contributed by atoms with Crippen molar-refractivity contribution in [3.8, 4) is 11.5 Å². The van der Waals surface area contributed by atoms with Crippen LogP contribution in [0.2, 0.25) is 65.5 Å². The fourth-order valence-electron chi connectivity index (χ4n) is 7.74. The molecule has 0 amide bonds. The molecule has 2 N–H and O–H groups in total. The predicted molar refractivity (Wildman–Crippen MR) is 421 cm³/mol. The highest BCUT2D eigenvalue weighted by atomic mass is 35.6. The Kier molecular flexibility index (Phi) is 56.1. The van der Waals surface area contributed by atoms with E-state index in [1.807, 2.05) is 47.6 Å². The van der Waals surface area contributed by atoms with E-state index in [9.17, 15) is 47.7 Å². The number of hydrogen-bond acceptors (Lipinski definition) is 28. The normalized spacial score (nSPS) is 11.1. The van der Waals surface area contributed by atoms with Gasteiger partial charge < -0.3 is 94.5 Å². The molecule has 0 spiro atoms. The number of benzene rings is 4. The van der Waals surface area contributed by atoms with Crippen LogP contribution in [0.25, 0.3) is 0 Å². The molecule has 0 aliphatic carbocycles. The molecule has 0 unspecified atom stereocenters. The van der Waals surface area contributed by atoms with Gasteiger partial charge in [0.25, 0.3) is 0 Å². The average Bonchev–Trinajstić information content (AvgIpc) is 0.830. The lowest BCUT2D eigenvalue weighted by atomic mass is 10.2. The number of phenols is 2. The number of phenolic OH excluding ortho intramolecular Hbond substituents is 2. The minimum absolute atomic E-state index is 0.0665. The van der Waals surface area contributed by atoms with Crippen LogP contribution < -0.4 is 30.0 Å². The van der Waals surface area contributed by atoms with E-state index in [0.717, 1.165) is 17.1 Å². The largest absolute Gasteiger partial charge is 0.508 e. The van der Waals surface area contributed by atoms with Crippen LogP contribution in [-0.4, -0.2) is 217 Å².